The Kier molecular flexibility index (Phi) is 6.18. The number of nitrogens with zero attached hydrogens (tertiary/aromatic N) is 1. The van der Waals surface area contributed by atoms with Gasteiger partial charge in [-0.25, -0.2) is 17.5 Å². The fourth-order valence-corrected chi connectivity index (χ4v) is 3.66. The van der Waals surface area contributed by atoms with E-state index >= 15 is 0 Å². The van der Waals surface area contributed by atoms with Crippen LogP contribution in [-0.4, -0.2) is 50.6 Å². The molecule has 1 N–H and O–H groups in total. The highest BCUT2D eigenvalue weighted by molar-refractivity contribution is 7.88. The van der Waals surface area contributed by atoms with Crippen molar-refractivity contribution in [2.75, 3.05) is 31.3 Å². The normalized spacial score (nSPS) is 16.4. The van der Waals surface area contributed by atoms with Gasteiger partial charge in [0.05, 0.1) is 18.4 Å². The number of sulfonamides is 1. The summed E-state index contributed by atoms with van der Waals surface area (Å²) in [4.78, 5) is 24.3. The Morgan fingerprint density at radius 2 is 1.92 bits per heavy atom. The van der Waals surface area contributed by atoms with Crippen LogP contribution < -0.4 is 5.32 Å². The summed E-state index contributed by atoms with van der Waals surface area (Å²) < 4.78 is 29.4. The largest absolute Gasteiger partial charge is 0.462 e. The molecule has 0 saturated carbocycles. The van der Waals surface area contributed by atoms with E-state index in [1.54, 1.807) is 25.1 Å². The van der Waals surface area contributed by atoms with Crippen LogP contribution >= 0.6 is 0 Å². The van der Waals surface area contributed by atoms with E-state index in [0.717, 1.165) is 5.56 Å². The van der Waals surface area contributed by atoms with Gasteiger partial charge in [-0.15, -0.1) is 0 Å². The molecule has 1 heterocycles. The lowest BCUT2D eigenvalue weighted by Crippen LogP contribution is -2.40. The lowest BCUT2D eigenvalue weighted by Gasteiger charge is -2.29. The monoisotopic (exact) mass is 368 g/mol. The fourth-order valence-electron chi connectivity index (χ4n) is 2.78. The Bertz CT molecular complexity index is 752. The minimum atomic E-state index is -3.21. The second-order valence-corrected chi connectivity index (χ2v) is 8.16. The van der Waals surface area contributed by atoms with Gasteiger partial charge in [0.25, 0.3) is 0 Å². The van der Waals surface area contributed by atoms with Crippen LogP contribution in [-0.2, 0) is 19.6 Å². The summed E-state index contributed by atoms with van der Waals surface area (Å²) in [6, 6.07) is 5.03. The van der Waals surface area contributed by atoms with Crippen molar-refractivity contribution < 1.29 is 22.7 Å². The minimum Gasteiger partial charge on any atom is -0.462 e. The fraction of sp³-hybridized carbons (Fsp3) is 0.529. The number of piperidine rings is 1. The van der Waals surface area contributed by atoms with E-state index < -0.39 is 16.0 Å². The number of esters is 1. The average molecular weight is 368 g/mol. The first-order valence-electron chi connectivity index (χ1n) is 8.26. The van der Waals surface area contributed by atoms with E-state index in [1.165, 1.54) is 10.6 Å². The maximum absolute atomic E-state index is 12.5. The Balaban J connectivity index is 2.03. The van der Waals surface area contributed by atoms with Crippen molar-refractivity contribution in [1.29, 1.82) is 0 Å². The third kappa shape index (κ3) is 5.02. The van der Waals surface area contributed by atoms with Crippen LogP contribution in [0.25, 0.3) is 0 Å². The SMILES string of the molecule is CCOC(=O)c1ccc(C)c(NC(=O)C2CCN(S(C)(=O)=O)CC2)c1. The van der Waals surface area contributed by atoms with Crippen molar-refractivity contribution in [3.63, 3.8) is 0 Å². The van der Waals surface area contributed by atoms with Crippen LogP contribution in [0.4, 0.5) is 5.69 Å². The van der Waals surface area contributed by atoms with E-state index in [4.69, 9.17) is 4.74 Å². The van der Waals surface area contributed by atoms with Crippen LogP contribution in [0, 0.1) is 12.8 Å². The second kappa shape index (κ2) is 7.97. The number of aryl methyl sites for hydroxylation is 1. The van der Waals surface area contributed by atoms with E-state index in [0.29, 0.717) is 37.2 Å². The molecule has 0 unspecified atom stereocenters. The van der Waals surface area contributed by atoms with Crippen LogP contribution in [0.15, 0.2) is 18.2 Å². The van der Waals surface area contributed by atoms with E-state index in [-0.39, 0.29) is 18.4 Å². The van der Waals surface area contributed by atoms with Gasteiger partial charge in [-0.3, -0.25) is 4.79 Å². The van der Waals surface area contributed by atoms with E-state index in [9.17, 15) is 18.0 Å². The number of carbonyl (C=O) groups is 2. The number of benzene rings is 1. The van der Waals surface area contributed by atoms with Crippen molar-refractivity contribution in [2.24, 2.45) is 5.92 Å². The first-order chi connectivity index (χ1) is 11.7. The quantitative estimate of drug-likeness (QED) is 0.800. The lowest BCUT2D eigenvalue weighted by atomic mass is 9.97. The lowest BCUT2D eigenvalue weighted by molar-refractivity contribution is -0.120. The maximum atomic E-state index is 12.5. The molecule has 8 heteroatoms. The van der Waals surface area contributed by atoms with E-state index in [1.807, 2.05) is 6.92 Å². The molecule has 0 spiro atoms. The van der Waals surface area contributed by atoms with Gasteiger partial charge < -0.3 is 10.1 Å². The average Bonchev–Trinajstić information content (AvgIpc) is 2.56. The number of anilines is 1. The summed E-state index contributed by atoms with van der Waals surface area (Å²) in [5.74, 6) is -0.833. The zero-order chi connectivity index (χ0) is 18.6. The third-order valence-corrected chi connectivity index (χ3v) is 5.60. The van der Waals surface area contributed by atoms with Crippen molar-refractivity contribution in [3.05, 3.63) is 29.3 Å². The zero-order valence-electron chi connectivity index (χ0n) is 14.7. The van der Waals surface area contributed by atoms with Gasteiger partial charge in [-0.1, -0.05) is 6.07 Å². The predicted octanol–water partition coefficient (Wildman–Crippen LogP) is 1.78. The molecule has 1 aliphatic rings. The molecule has 0 atom stereocenters. The molecule has 2 rings (SSSR count). The molecule has 1 fully saturated rings. The maximum Gasteiger partial charge on any atom is 0.338 e. The van der Waals surface area contributed by atoms with Gasteiger partial charge in [0.1, 0.15) is 0 Å². The number of hydrogen-bond acceptors (Lipinski definition) is 5. The van der Waals surface area contributed by atoms with Crippen molar-refractivity contribution >= 4 is 27.6 Å². The minimum absolute atomic E-state index is 0.155. The molecule has 1 amide bonds. The number of ether oxygens (including phenoxy) is 1. The molecule has 138 valence electrons. The van der Waals surface area contributed by atoms with E-state index in [2.05, 4.69) is 5.32 Å². The first-order valence-corrected chi connectivity index (χ1v) is 10.1. The third-order valence-electron chi connectivity index (χ3n) is 4.30. The molecular formula is C17H24N2O5S. The van der Waals surface area contributed by atoms with Crippen LogP contribution in [0.2, 0.25) is 0 Å². The topological polar surface area (TPSA) is 92.8 Å². The molecule has 1 saturated heterocycles. The van der Waals surface area contributed by atoms with Crippen LogP contribution in [0.3, 0.4) is 0 Å². The molecule has 0 aliphatic carbocycles. The summed E-state index contributed by atoms with van der Waals surface area (Å²) in [6.45, 7) is 4.55. The number of rotatable bonds is 5. The van der Waals surface area contributed by atoms with Gasteiger partial charge in [0.2, 0.25) is 15.9 Å². The zero-order valence-corrected chi connectivity index (χ0v) is 15.6. The van der Waals surface area contributed by atoms with Crippen LogP contribution in [0.5, 0.6) is 0 Å². The number of carbonyl (C=O) groups excluding carboxylic acids is 2. The summed E-state index contributed by atoms with van der Waals surface area (Å²) in [5.41, 5.74) is 1.80. The molecule has 7 nitrogen and oxygen atoms in total. The number of nitrogens with one attached hydrogen (secondary N) is 1. The summed E-state index contributed by atoms with van der Waals surface area (Å²) >= 11 is 0. The molecule has 0 bridgehead atoms. The second-order valence-electron chi connectivity index (χ2n) is 6.18. The van der Waals surface area contributed by atoms with Gasteiger partial charge in [0.15, 0.2) is 0 Å². The molecule has 1 aliphatic heterocycles. The van der Waals surface area contributed by atoms with Gasteiger partial charge in [-0.05, 0) is 44.4 Å². The van der Waals surface area contributed by atoms with Crippen molar-refractivity contribution in [1.82, 2.24) is 4.31 Å². The molecule has 0 aromatic heterocycles. The highest BCUT2D eigenvalue weighted by Crippen LogP contribution is 2.23. The summed E-state index contributed by atoms with van der Waals surface area (Å²) in [6.07, 6.45) is 2.14. The smallest absolute Gasteiger partial charge is 0.338 e. The molecule has 1 aromatic carbocycles. The summed E-state index contributed by atoms with van der Waals surface area (Å²) in [5, 5.41) is 2.86. The molecular weight excluding hydrogens is 344 g/mol. The number of amides is 1. The van der Waals surface area contributed by atoms with Crippen LogP contribution in [0.1, 0.15) is 35.7 Å². The van der Waals surface area contributed by atoms with Crippen molar-refractivity contribution in [3.8, 4) is 0 Å². The molecule has 0 radical (unpaired) electrons. The van der Waals surface area contributed by atoms with Gasteiger partial charge >= 0.3 is 5.97 Å². The molecule has 1 aromatic rings. The van der Waals surface area contributed by atoms with Gasteiger partial charge in [-0.2, -0.15) is 0 Å². The number of hydrogen-bond donors (Lipinski definition) is 1. The Labute approximate surface area is 148 Å². The Morgan fingerprint density at radius 1 is 1.28 bits per heavy atom. The standard InChI is InChI=1S/C17H24N2O5S/c1-4-24-17(21)14-6-5-12(2)15(11-14)18-16(20)13-7-9-19(10-8-13)25(3,22)23/h5-6,11,13H,4,7-10H2,1-3H3,(H,18,20). The van der Waals surface area contributed by atoms with Crippen molar-refractivity contribution in [2.45, 2.75) is 26.7 Å². The highest BCUT2D eigenvalue weighted by atomic mass is 32.2. The Hall–Kier alpha value is -1.93. The first kappa shape index (κ1) is 19.4. The predicted molar refractivity (Wildman–Crippen MR) is 94.9 cm³/mol. The Morgan fingerprint density at radius 3 is 2.48 bits per heavy atom. The highest BCUT2D eigenvalue weighted by Gasteiger charge is 2.29. The van der Waals surface area contributed by atoms with Gasteiger partial charge in [0, 0.05) is 24.7 Å². The molecule has 25 heavy (non-hydrogen) atoms. The summed E-state index contributed by atoms with van der Waals surface area (Å²) in [7, 11) is -3.21.